The van der Waals surface area contributed by atoms with Crippen LogP contribution in [0.25, 0.3) is 0 Å². The van der Waals surface area contributed by atoms with E-state index >= 15 is 0 Å². The van der Waals surface area contributed by atoms with Gasteiger partial charge in [-0.25, -0.2) is 5.32 Å². The van der Waals surface area contributed by atoms with Crippen molar-refractivity contribution in [3.8, 4) is 0 Å². The van der Waals surface area contributed by atoms with Gasteiger partial charge in [-0.05, 0) is 23.1 Å². The Balaban J connectivity index is 2.05. The highest BCUT2D eigenvalue weighted by Gasteiger charge is 2.21. The summed E-state index contributed by atoms with van der Waals surface area (Å²) in [6.45, 7) is 0.941. The Labute approximate surface area is 96.1 Å². The average Bonchev–Trinajstić information content (AvgIpc) is 2.39. The van der Waals surface area contributed by atoms with Crippen molar-refractivity contribution < 1.29 is 0 Å². The molecule has 1 unspecified atom stereocenters. The van der Waals surface area contributed by atoms with Gasteiger partial charge in [0.05, 0.1) is 6.04 Å². The molecular weight excluding hydrogens is 194 g/mol. The highest BCUT2D eigenvalue weighted by atomic mass is 14.9. The SMILES string of the molecule is c1ccc(C2[N]CCc3ccccc32)cc1. The summed E-state index contributed by atoms with van der Waals surface area (Å²) in [7, 11) is 0. The quantitative estimate of drug-likeness (QED) is 0.684. The third-order valence-corrected chi connectivity index (χ3v) is 3.16. The Bertz CT molecular complexity index is 476. The van der Waals surface area contributed by atoms with Crippen molar-refractivity contribution in [2.24, 2.45) is 0 Å². The Kier molecular flexibility index (Phi) is 2.47. The molecule has 0 saturated carbocycles. The lowest BCUT2D eigenvalue weighted by Crippen LogP contribution is -2.24. The van der Waals surface area contributed by atoms with E-state index < -0.39 is 0 Å². The van der Waals surface area contributed by atoms with E-state index in [0.29, 0.717) is 0 Å². The summed E-state index contributed by atoms with van der Waals surface area (Å²) in [5.41, 5.74) is 4.13. The molecule has 0 saturated heterocycles. The van der Waals surface area contributed by atoms with E-state index in [1.807, 2.05) is 0 Å². The third-order valence-electron chi connectivity index (χ3n) is 3.16. The van der Waals surface area contributed by atoms with Crippen LogP contribution in [0.3, 0.4) is 0 Å². The molecule has 1 radical (unpaired) electrons. The van der Waals surface area contributed by atoms with Gasteiger partial charge < -0.3 is 0 Å². The van der Waals surface area contributed by atoms with Crippen LogP contribution in [0.5, 0.6) is 0 Å². The van der Waals surface area contributed by atoms with Gasteiger partial charge in [0.15, 0.2) is 0 Å². The summed E-state index contributed by atoms with van der Waals surface area (Å²) >= 11 is 0. The molecule has 0 aromatic heterocycles. The van der Waals surface area contributed by atoms with Crippen LogP contribution in [0.2, 0.25) is 0 Å². The molecule has 2 aromatic carbocycles. The van der Waals surface area contributed by atoms with E-state index in [2.05, 4.69) is 54.6 Å². The summed E-state index contributed by atoms with van der Waals surface area (Å²) in [5, 5.41) is 4.74. The van der Waals surface area contributed by atoms with Crippen LogP contribution in [-0.4, -0.2) is 6.54 Å². The molecule has 0 N–H and O–H groups in total. The molecule has 0 amide bonds. The normalized spacial score (nSPS) is 19.1. The van der Waals surface area contributed by atoms with E-state index in [-0.39, 0.29) is 6.04 Å². The van der Waals surface area contributed by atoms with Crippen LogP contribution in [0.1, 0.15) is 22.7 Å². The van der Waals surface area contributed by atoms with Gasteiger partial charge in [-0.3, -0.25) is 0 Å². The molecule has 0 aliphatic carbocycles. The number of nitrogens with zero attached hydrogens (tertiary/aromatic N) is 1. The fourth-order valence-corrected chi connectivity index (χ4v) is 2.36. The van der Waals surface area contributed by atoms with E-state index in [1.54, 1.807) is 0 Å². The van der Waals surface area contributed by atoms with Crippen LogP contribution in [0.15, 0.2) is 54.6 Å². The van der Waals surface area contributed by atoms with Crippen LogP contribution in [-0.2, 0) is 6.42 Å². The summed E-state index contributed by atoms with van der Waals surface area (Å²) in [6, 6.07) is 19.4. The van der Waals surface area contributed by atoms with E-state index in [9.17, 15) is 0 Å². The maximum atomic E-state index is 4.74. The summed E-state index contributed by atoms with van der Waals surface area (Å²) in [6.07, 6.45) is 1.08. The monoisotopic (exact) mass is 208 g/mol. The van der Waals surface area contributed by atoms with Crippen LogP contribution < -0.4 is 5.32 Å². The number of benzene rings is 2. The predicted octanol–water partition coefficient (Wildman–Crippen LogP) is 2.94. The van der Waals surface area contributed by atoms with Crippen molar-refractivity contribution in [2.75, 3.05) is 6.54 Å². The maximum Gasteiger partial charge on any atom is 0.0748 e. The minimum Gasteiger partial charge on any atom is -0.229 e. The second-order valence-corrected chi connectivity index (χ2v) is 4.17. The number of fused-ring (bicyclic) bond motifs is 1. The summed E-state index contributed by atoms with van der Waals surface area (Å²) in [4.78, 5) is 0. The molecule has 1 heterocycles. The Hall–Kier alpha value is -1.60. The Morgan fingerprint density at radius 1 is 0.875 bits per heavy atom. The van der Waals surface area contributed by atoms with Crippen molar-refractivity contribution in [3.63, 3.8) is 0 Å². The zero-order valence-corrected chi connectivity index (χ0v) is 9.13. The molecule has 0 bridgehead atoms. The van der Waals surface area contributed by atoms with Gasteiger partial charge in [0.2, 0.25) is 0 Å². The van der Waals surface area contributed by atoms with Gasteiger partial charge >= 0.3 is 0 Å². The predicted molar refractivity (Wildman–Crippen MR) is 65.4 cm³/mol. The molecule has 79 valence electrons. The Morgan fingerprint density at radius 3 is 2.50 bits per heavy atom. The topological polar surface area (TPSA) is 14.1 Å². The molecular formula is C15H14N. The van der Waals surface area contributed by atoms with Crippen molar-refractivity contribution in [1.29, 1.82) is 0 Å². The van der Waals surface area contributed by atoms with Crippen LogP contribution >= 0.6 is 0 Å². The van der Waals surface area contributed by atoms with Gasteiger partial charge in [0.25, 0.3) is 0 Å². The first-order valence-electron chi connectivity index (χ1n) is 5.74. The van der Waals surface area contributed by atoms with Gasteiger partial charge in [0, 0.05) is 6.54 Å². The molecule has 1 heteroatoms. The molecule has 2 aromatic rings. The maximum absolute atomic E-state index is 4.74. The molecule has 1 atom stereocenters. The molecule has 1 aliphatic heterocycles. The number of rotatable bonds is 1. The minimum atomic E-state index is 0.242. The summed E-state index contributed by atoms with van der Waals surface area (Å²) in [5.74, 6) is 0. The van der Waals surface area contributed by atoms with Gasteiger partial charge in [-0.2, -0.15) is 0 Å². The standard InChI is InChI=1S/C15H14N/c1-2-7-13(8-3-1)15-14-9-5-4-6-12(14)10-11-16-15/h1-9,15H,10-11H2. The number of hydrogen-bond donors (Lipinski definition) is 0. The molecule has 1 nitrogen and oxygen atoms in total. The fourth-order valence-electron chi connectivity index (χ4n) is 2.36. The first-order chi connectivity index (χ1) is 7.95. The lowest BCUT2D eigenvalue weighted by molar-refractivity contribution is 0.555. The van der Waals surface area contributed by atoms with Crippen LogP contribution in [0.4, 0.5) is 0 Å². The molecule has 0 spiro atoms. The van der Waals surface area contributed by atoms with Gasteiger partial charge in [-0.1, -0.05) is 54.6 Å². The lowest BCUT2D eigenvalue weighted by atomic mass is 9.90. The average molecular weight is 208 g/mol. The van der Waals surface area contributed by atoms with Crippen molar-refractivity contribution in [1.82, 2.24) is 5.32 Å². The first kappa shape index (κ1) is 9.61. The molecule has 1 aliphatic rings. The zero-order valence-electron chi connectivity index (χ0n) is 9.13. The highest BCUT2D eigenvalue weighted by Crippen LogP contribution is 2.29. The van der Waals surface area contributed by atoms with Gasteiger partial charge in [0.1, 0.15) is 0 Å². The largest absolute Gasteiger partial charge is 0.229 e. The van der Waals surface area contributed by atoms with Crippen molar-refractivity contribution in [3.05, 3.63) is 71.3 Å². The lowest BCUT2D eigenvalue weighted by Gasteiger charge is -2.25. The molecule has 16 heavy (non-hydrogen) atoms. The summed E-state index contributed by atoms with van der Waals surface area (Å²) < 4.78 is 0. The first-order valence-corrected chi connectivity index (χ1v) is 5.74. The highest BCUT2D eigenvalue weighted by molar-refractivity contribution is 5.39. The fraction of sp³-hybridized carbons (Fsp3) is 0.200. The number of hydrogen-bond acceptors (Lipinski definition) is 0. The van der Waals surface area contributed by atoms with Crippen molar-refractivity contribution >= 4 is 0 Å². The van der Waals surface area contributed by atoms with Gasteiger partial charge in [-0.15, -0.1) is 0 Å². The molecule has 0 fully saturated rings. The van der Waals surface area contributed by atoms with Crippen LogP contribution in [0, 0.1) is 0 Å². The Morgan fingerprint density at radius 2 is 1.62 bits per heavy atom. The smallest absolute Gasteiger partial charge is 0.0748 e. The second-order valence-electron chi connectivity index (χ2n) is 4.17. The third kappa shape index (κ3) is 1.63. The van der Waals surface area contributed by atoms with Crippen molar-refractivity contribution in [2.45, 2.75) is 12.5 Å². The zero-order chi connectivity index (χ0) is 10.8. The van der Waals surface area contributed by atoms with E-state index in [0.717, 1.165) is 13.0 Å². The second kappa shape index (κ2) is 4.11. The molecule has 3 rings (SSSR count). The van der Waals surface area contributed by atoms with E-state index in [4.69, 9.17) is 5.32 Å². The van der Waals surface area contributed by atoms with E-state index in [1.165, 1.54) is 16.7 Å². The minimum absolute atomic E-state index is 0.242.